The van der Waals surface area contributed by atoms with Crippen LogP contribution in [0, 0.1) is 0 Å². The Balaban J connectivity index is 2.03. The summed E-state index contributed by atoms with van der Waals surface area (Å²) in [7, 11) is 1.68. The number of nitrogens with one attached hydrogen (secondary N) is 2. The first kappa shape index (κ1) is 14.5. The van der Waals surface area contributed by atoms with Crippen LogP contribution in [0.25, 0.3) is 0 Å². The van der Waals surface area contributed by atoms with Crippen molar-refractivity contribution in [2.24, 2.45) is 0 Å². The van der Waals surface area contributed by atoms with Gasteiger partial charge >= 0.3 is 0 Å². The molecule has 0 aromatic heterocycles. The first-order chi connectivity index (χ1) is 9.13. The lowest BCUT2D eigenvalue weighted by atomic mass is 10.1. The van der Waals surface area contributed by atoms with Crippen molar-refractivity contribution in [2.45, 2.75) is 31.9 Å². The second kappa shape index (κ2) is 6.50. The number of methoxy groups -OCH3 is 1. The van der Waals surface area contributed by atoms with Crippen molar-refractivity contribution in [1.82, 2.24) is 5.32 Å². The van der Waals surface area contributed by atoms with E-state index in [1.807, 2.05) is 18.2 Å². The van der Waals surface area contributed by atoms with E-state index in [1.54, 1.807) is 7.11 Å². The van der Waals surface area contributed by atoms with E-state index in [4.69, 9.17) is 4.74 Å². The van der Waals surface area contributed by atoms with Gasteiger partial charge in [0.2, 0.25) is 5.91 Å². The van der Waals surface area contributed by atoms with E-state index in [0.717, 1.165) is 35.1 Å². The van der Waals surface area contributed by atoms with Crippen molar-refractivity contribution in [2.75, 3.05) is 19.0 Å². The number of halogens is 1. The number of benzene rings is 1. The molecule has 2 rings (SSSR count). The molecular weight excluding hydrogens is 308 g/mol. The van der Waals surface area contributed by atoms with Crippen LogP contribution < -0.4 is 10.6 Å². The molecule has 1 aliphatic heterocycles. The molecule has 5 heteroatoms. The van der Waals surface area contributed by atoms with E-state index in [0.29, 0.717) is 0 Å². The largest absolute Gasteiger partial charge is 0.380 e. The second-order valence-corrected chi connectivity index (χ2v) is 5.61. The Hall–Kier alpha value is -0.910. The van der Waals surface area contributed by atoms with Crippen LogP contribution in [-0.4, -0.2) is 31.7 Å². The number of carbonyl (C=O) groups excluding carboxylic acids is 1. The molecule has 19 heavy (non-hydrogen) atoms. The molecule has 2 unspecified atom stereocenters. The number of rotatable bonds is 4. The monoisotopic (exact) mass is 326 g/mol. The number of hydrogen-bond donors (Lipinski definition) is 2. The number of anilines is 1. The van der Waals surface area contributed by atoms with E-state index >= 15 is 0 Å². The Kier molecular flexibility index (Phi) is 4.96. The molecule has 1 amide bonds. The molecule has 1 heterocycles. The number of hydrogen-bond acceptors (Lipinski definition) is 3. The highest BCUT2D eigenvalue weighted by Crippen LogP contribution is 2.22. The average molecular weight is 327 g/mol. The summed E-state index contributed by atoms with van der Waals surface area (Å²) in [4.78, 5) is 12.2. The summed E-state index contributed by atoms with van der Waals surface area (Å²) < 4.78 is 6.28. The smallest absolute Gasteiger partial charge is 0.241 e. The van der Waals surface area contributed by atoms with Crippen LogP contribution in [0.1, 0.15) is 18.9 Å². The Morgan fingerprint density at radius 2 is 2.37 bits per heavy atom. The lowest BCUT2D eigenvalue weighted by Crippen LogP contribution is -2.35. The fourth-order valence-electron chi connectivity index (χ4n) is 2.28. The molecule has 1 aliphatic rings. The number of ether oxygens (including phenoxy) is 1. The molecule has 2 N–H and O–H groups in total. The Labute approximate surface area is 122 Å². The highest BCUT2D eigenvalue weighted by Gasteiger charge is 2.29. The lowest BCUT2D eigenvalue weighted by molar-refractivity contribution is -0.118. The van der Waals surface area contributed by atoms with Gasteiger partial charge < -0.3 is 15.4 Å². The average Bonchev–Trinajstić information content (AvgIpc) is 2.89. The topological polar surface area (TPSA) is 50.4 Å². The van der Waals surface area contributed by atoms with Crippen LogP contribution in [-0.2, 0) is 16.0 Å². The predicted molar refractivity (Wildman–Crippen MR) is 79.4 cm³/mol. The summed E-state index contributed by atoms with van der Waals surface area (Å²) in [5.74, 6) is 0.0107. The molecule has 0 spiro atoms. The number of carbonyl (C=O) groups is 1. The maximum Gasteiger partial charge on any atom is 0.241 e. The summed E-state index contributed by atoms with van der Waals surface area (Å²) in [6, 6.07) is 5.74. The van der Waals surface area contributed by atoms with Gasteiger partial charge in [-0.25, -0.2) is 0 Å². The standard InChI is InChI=1S/C14H19BrN2O2/c1-3-9-6-10(15)4-5-12(9)17-14(18)13-7-11(19-2)8-16-13/h4-6,11,13,16H,3,7-8H2,1-2H3,(H,17,18). The maximum atomic E-state index is 12.2. The molecule has 1 fully saturated rings. The third-order valence-electron chi connectivity index (χ3n) is 3.45. The van der Waals surface area contributed by atoms with E-state index in [2.05, 4.69) is 33.5 Å². The van der Waals surface area contributed by atoms with E-state index < -0.39 is 0 Å². The van der Waals surface area contributed by atoms with Gasteiger partial charge in [-0.15, -0.1) is 0 Å². The number of aryl methyl sites for hydroxylation is 1. The van der Waals surface area contributed by atoms with Crippen molar-refractivity contribution in [3.63, 3.8) is 0 Å². The molecule has 2 atom stereocenters. The molecule has 0 bridgehead atoms. The first-order valence-electron chi connectivity index (χ1n) is 6.49. The zero-order valence-corrected chi connectivity index (χ0v) is 12.8. The highest BCUT2D eigenvalue weighted by atomic mass is 79.9. The van der Waals surface area contributed by atoms with Crippen molar-refractivity contribution >= 4 is 27.5 Å². The summed E-state index contributed by atoms with van der Waals surface area (Å²) in [6.07, 6.45) is 1.74. The van der Waals surface area contributed by atoms with Crippen molar-refractivity contribution in [3.8, 4) is 0 Å². The molecular formula is C14H19BrN2O2. The minimum atomic E-state index is -0.168. The zero-order valence-electron chi connectivity index (χ0n) is 11.2. The van der Waals surface area contributed by atoms with Gasteiger partial charge in [-0.2, -0.15) is 0 Å². The van der Waals surface area contributed by atoms with Gasteiger partial charge in [-0.05, 0) is 36.6 Å². The first-order valence-corrected chi connectivity index (χ1v) is 7.28. The van der Waals surface area contributed by atoms with Gasteiger partial charge in [0.15, 0.2) is 0 Å². The third-order valence-corrected chi connectivity index (χ3v) is 3.94. The highest BCUT2D eigenvalue weighted by molar-refractivity contribution is 9.10. The maximum absolute atomic E-state index is 12.2. The normalized spacial score (nSPS) is 22.5. The molecule has 1 aromatic rings. The van der Waals surface area contributed by atoms with E-state index in [-0.39, 0.29) is 18.1 Å². The Bertz CT molecular complexity index is 465. The van der Waals surface area contributed by atoms with Gasteiger partial charge in [0.05, 0.1) is 12.1 Å². The Morgan fingerprint density at radius 1 is 1.58 bits per heavy atom. The minimum Gasteiger partial charge on any atom is -0.380 e. The van der Waals surface area contributed by atoms with Crippen LogP contribution in [0.5, 0.6) is 0 Å². The summed E-state index contributed by atoms with van der Waals surface area (Å²) in [6.45, 7) is 2.81. The van der Waals surface area contributed by atoms with Crippen molar-refractivity contribution in [3.05, 3.63) is 28.2 Å². The van der Waals surface area contributed by atoms with Gasteiger partial charge in [0.1, 0.15) is 0 Å². The van der Waals surface area contributed by atoms with Gasteiger partial charge in [-0.1, -0.05) is 22.9 Å². The molecule has 0 radical (unpaired) electrons. The van der Waals surface area contributed by atoms with Gasteiger partial charge in [0.25, 0.3) is 0 Å². The fraction of sp³-hybridized carbons (Fsp3) is 0.500. The van der Waals surface area contributed by atoms with Crippen LogP contribution >= 0.6 is 15.9 Å². The fourth-order valence-corrected chi connectivity index (χ4v) is 2.69. The summed E-state index contributed by atoms with van der Waals surface area (Å²) >= 11 is 3.45. The Morgan fingerprint density at radius 3 is 3.00 bits per heavy atom. The van der Waals surface area contributed by atoms with Crippen LogP contribution in [0.4, 0.5) is 5.69 Å². The van der Waals surface area contributed by atoms with Crippen LogP contribution in [0.3, 0.4) is 0 Å². The van der Waals surface area contributed by atoms with Crippen molar-refractivity contribution < 1.29 is 9.53 Å². The molecule has 0 saturated carbocycles. The van der Waals surface area contributed by atoms with Gasteiger partial charge in [0, 0.05) is 23.8 Å². The zero-order chi connectivity index (χ0) is 13.8. The van der Waals surface area contributed by atoms with E-state index in [9.17, 15) is 4.79 Å². The lowest BCUT2D eigenvalue weighted by Gasteiger charge is -2.14. The molecule has 4 nitrogen and oxygen atoms in total. The quantitative estimate of drug-likeness (QED) is 0.892. The summed E-state index contributed by atoms with van der Waals surface area (Å²) in [5.41, 5.74) is 2.02. The third kappa shape index (κ3) is 3.55. The van der Waals surface area contributed by atoms with Crippen LogP contribution in [0.2, 0.25) is 0 Å². The summed E-state index contributed by atoms with van der Waals surface area (Å²) in [5, 5.41) is 6.18. The molecule has 1 saturated heterocycles. The molecule has 104 valence electrons. The van der Waals surface area contributed by atoms with Gasteiger partial charge in [-0.3, -0.25) is 4.79 Å². The van der Waals surface area contributed by atoms with E-state index in [1.165, 1.54) is 0 Å². The number of amides is 1. The SMILES string of the molecule is CCc1cc(Br)ccc1NC(=O)C1CC(OC)CN1. The molecule has 0 aliphatic carbocycles. The van der Waals surface area contributed by atoms with Crippen LogP contribution in [0.15, 0.2) is 22.7 Å². The molecule has 1 aromatic carbocycles. The second-order valence-electron chi connectivity index (χ2n) is 4.70. The van der Waals surface area contributed by atoms with Crippen molar-refractivity contribution in [1.29, 1.82) is 0 Å². The minimum absolute atomic E-state index is 0.0107. The predicted octanol–water partition coefficient (Wildman–Crippen LogP) is 2.33.